The zero-order valence-electron chi connectivity index (χ0n) is 12.6. The van der Waals surface area contributed by atoms with Crippen molar-refractivity contribution >= 4 is 11.5 Å². The summed E-state index contributed by atoms with van der Waals surface area (Å²) < 4.78 is 25.9. The second-order valence-corrected chi connectivity index (χ2v) is 5.59. The molecule has 23 heavy (non-hydrogen) atoms. The van der Waals surface area contributed by atoms with E-state index >= 15 is 0 Å². The number of ketones is 1. The van der Waals surface area contributed by atoms with E-state index in [4.69, 9.17) is 5.73 Å². The van der Waals surface area contributed by atoms with Crippen LogP contribution in [-0.2, 0) is 11.2 Å². The van der Waals surface area contributed by atoms with Crippen molar-refractivity contribution in [2.75, 3.05) is 0 Å². The molecule has 0 saturated heterocycles. The number of alkyl halides is 2. The summed E-state index contributed by atoms with van der Waals surface area (Å²) in [6, 6.07) is 11.7. The lowest BCUT2D eigenvalue weighted by Crippen LogP contribution is -2.29. The third-order valence-electron chi connectivity index (χ3n) is 4.03. The molecule has 0 spiro atoms. The molecule has 118 valence electrons. The van der Waals surface area contributed by atoms with Crippen molar-refractivity contribution in [3.05, 3.63) is 70.3 Å². The normalized spacial score (nSPS) is 17.7. The van der Waals surface area contributed by atoms with E-state index in [-0.39, 0.29) is 17.8 Å². The van der Waals surface area contributed by atoms with Gasteiger partial charge in [-0.15, -0.1) is 0 Å². The monoisotopic (exact) mass is 314 g/mol. The van der Waals surface area contributed by atoms with E-state index in [1.807, 2.05) is 25.1 Å². The van der Waals surface area contributed by atoms with Crippen LogP contribution in [0.3, 0.4) is 0 Å². The molecule has 1 aliphatic rings. The maximum absolute atomic E-state index is 13.0. The molecule has 3 nitrogen and oxygen atoms in total. The van der Waals surface area contributed by atoms with E-state index in [0.29, 0.717) is 11.3 Å². The number of benzene rings is 2. The molecule has 0 fully saturated rings. The minimum Gasteiger partial charge on any atom is -0.303 e. The fourth-order valence-electron chi connectivity index (χ4n) is 2.77. The smallest absolute Gasteiger partial charge is 0.263 e. The van der Waals surface area contributed by atoms with E-state index in [2.05, 4.69) is 4.99 Å². The highest BCUT2D eigenvalue weighted by molar-refractivity contribution is 6.16. The van der Waals surface area contributed by atoms with Crippen LogP contribution >= 0.6 is 0 Å². The molecule has 5 heteroatoms. The minimum atomic E-state index is -2.56. The van der Waals surface area contributed by atoms with Crippen LogP contribution in [0.25, 0.3) is 0 Å². The summed E-state index contributed by atoms with van der Waals surface area (Å²) in [6.45, 7) is 1.91. The van der Waals surface area contributed by atoms with Gasteiger partial charge < -0.3 is 5.73 Å². The molecule has 1 unspecified atom stereocenters. The van der Waals surface area contributed by atoms with Gasteiger partial charge in [0.1, 0.15) is 0 Å². The van der Waals surface area contributed by atoms with Gasteiger partial charge in [0.25, 0.3) is 6.43 Å². The summed E-state index contributed by atoms with van der Waals surface area (Å²) in [6.07, 6.45) is -3.34. The Hall–Kier alpha value is -2.40. The first-order valence-electron chi connectivity index (χ1n) is 7.31. The number of rotatable bonds is 2. The minimum absolute atomic E-state index is 0.0800. The molecule has 3 rings (SSSR count). The van der Waals surface area contributed by atoms with Crippen molar-refractivity contribution in [1.82, 2.24) is 0 Å². The molecular formula is C18H16F2N2O. The number of aliphatic imine (C=N–C) groups is 1. The molecule has 1 atom stereocenters. The highest BCUT2D eigenvalue weighted by atomic mass is 19.3. The summed E-state index contributed by atoms with van der Waals surface area (Å²) in [4.78, 5) is 16.4. The molecule has 0 amide bonds. The van der Waals surface area contributed by atoms with Crippen LogP contribution in [0.5, 0.6) is 0 Å². The molecule has 2 N–H and O–H groups in total. The second-order valence-electron chi connectivity index (χ2n) is 5.59. The van der Waals surface area contributed by atoms with Gasteiger partial charge in [-0.1, -0.05) is 36.4 Å². The number of hydrogen-bond acceptors (Lipinski definition) is 3. The molecule has 2 aromatic rings. The number of carbonyl (C=O) groups is 1. The summed E-state index contributed by atoms with van der Waals surface area (Å²) in [7, 11) is 0. The largest absolute Gasteiger partial charge is 0.303 e. The highest BCUT2D eigenvalue weighted by Gasteiger charge is 2.24. The number of aryl methyl sites for hydroxylation is 1. The third kappa shape index (κ3) is 2.92. The van der Waals surface area contributed by atoms with Crippen molar-refractivity contribution in [2.45, 2.75) is 25.9 Å². The zero-order chi connectivity index (χ0) is 16.6. The Morgan fingerprint density at radius 2 is 1.96 bits per heavy atom. The highest BCUT2D eigenvalue weighted by Crippen LogP contribution is 2.26. The molecule has 2 aromatic carbocycles. The lowest BCUT2D eigenvalue weighted by molar-refractivity contribution is -0.119. The zero-order valence-corrected chi connectivity index (χ0v) is 12.6. The Balaban J connectivity index is 2.21. The fraction of sp³-hybridized carbons (Fsp3) is 0.222. The molecule has 0 aliphatic carbocycles. The van der Waals surface area contributed by atoms with Gasteiger partial charge in [0.2, 0.25) is 0 Å². The maximum Gasteiger partial charge on any atom is 0.263 e. The molecule has 0 radical (unpaired) electrons. The second kappa shape index (κ2) is 6.01. The van der Waals surface area contributed by atoms with Gasteiger partial charge in [0, 0.05) is 23.1 Å². The van der Waals surface area contributed by atoms with Crippen LogP contribution in [-0.4, -0.2) is 17.7 Å². The number of Topliss-reactive ketones (excluding diaryl/α,β-unsaturated/α-hetero) is 1. The fourth-order valence-corrected chi connectivity index (χ4v) is 2.77. The summed E-state index contributed by atoms with van der Waals surface area (Å²) in [5.74, 6) is -0.180. The van der Waals surface area contributed by atoms with Crippen LogP contribution in [0.1, 0.15) is 34.2 Å². The van der Waals surface area contributed by atoms with Crippen molar-refractivity contribution in [3.63, 3.8) is 0 Å². The Labute approximate surface area is 132 Å². The maximum atomic E-state index is 13.0. The SMILES string of the molecule is Cc1cccc2c1CC(=O)C(N)N=C2c1cccc(C(F)F)c1. The average Bonchev–Trinajstić information content (AvgIpc) is 2.66. The number of hydrogen-bond donors (Lipinski definition) is 1. The Kier molecular flexibility index (Phi) is 4.05. The lowest BCUT2D eigenvalue weighted by atomic mass is 9.92. The predicted molar refractivity (Wildman–Crippen MR) is 84.9 cm³/mol. The van der Waals surface area contributed by atoms with Gasteiger partial charge in [0.15, 0.2) is 11.9 Å². The molecule has 0 aromatic heterocycles. The van der Waals surface area contributed by atoms with E-state index in [9.17, 15) is 13.6 Å². The Morgan fingerprint density at radius 3 is 2.70 bits per heavy atom. The lowest BCUT2D eigenvalue weighted by Gasteiger charge is -2.12. The summed E-state index contributed by atoms with van der Waals surface area (Å²) in [5.41, 5.74) is 9.39. The van der Waals surface area contributed by atoms with Gasteiger partial charge in [-0.2, -0.15) is 0 Å². The molecule has 0 bridgehead atoms. The Morgan fingerprint density at radius 1 is 1.22 bits per heavy atom. The van der Waals surface area contributed by atoms with Crippen LogP contribution in [0.2, 0.25) is 0 Å². The summed E-state index contributed by atoms with van der Waals surface area (Å²) >= 11 is 0. The third-order valence-corrected chi connectivity index (χ3v) is 4.03. The first kappa shape index (κ1) is 15.5. The van der Waals surface area contributed by atoms with Gasteiger partial charge in [0.05, 0.1) is 5.71 Å². The number of fused-ring (bicyclic) bond motifs is 1. The van der Waals surface area contributed by atoms with Crippen LogP contribution in [0.15, 0.2) is 47.5 Å². The molecule has 0 saturated carbocycles. The average molecular weight is 314 g/mol. The van der Waals surface area contributed by atoms with Gasteiger partial charge in [-0.25, -0.2) is 8.78 Å². The van der Waals surface area contributed by atoms with E-state index in [1.165, 1.54) is 12.1 Å². The van der Waals surface area contributed by atoms with Crippen molar-refractivity contribution in [3.8, 4) is 0 Å². The van der Waals surface area contributed by atoms with Gasteiger partial charge in [-0.3, -0.25) is 9.79 Å². The number of carbonyl (C=O) groups excluding carboxylic acids is 1. The topological polar surface area (TPSA) is 55.5 Å². The van der Waals surface area contributed by atoms with Crippen molar-refractivity contribution in [2.24, 2.45) is 10.7 Å². The van der Waals surface area contributed by atoms with Crippen LogP contribution < -0.4 is 5.73 Å². The van der Waals surface area contributed by atoms with Crippen molar-refractivity contribution < 1.29 is 13.6 Å². The van der Waals surface area contributed by atoms with E-state index in [0.717, 1.165) is 16.7 Å². The first-order valence-corrected chi connectivity index (χ1v) is 7.31. The van der Waals surface area contributed by atoms with E-state index in [1.54, 1.807) is 12.1 Å². The van der Waals surface area contributed by atoms with Crippen molar-refractivity contribution in [1.29, 1.82) is 0 Å². The van der Waals surface area contributed by atoms with E-state index < -0.39 is 12.6 Å². The standard InChI is InChI=1S/C18H16F2N2O/c1-10-4-2-7-13-14(10)9-15(23)18(21)22-16(13)11-5-3-6-12(8-11)17(19)20/h2-8,17-18H,9,21H2,1H3. The molecular weight excluding hydrogens is 298 g/mol. The quantitative estimate of drug-likeness (QED) is 0.925. The van der Waals surface area contributed by atoms with Gasteiger partial charge >= 0.3 is 0 Å². The summed E-state index contributed by atoms with van der Waals surface area (Å²) in [5, 5.41) is 0. The Bertz CT molecular complexity index is 799. The number of nitrogens with zero attached hydrogens (tertiary/aromatic N) is 1. The molecule has 1 aliphatic heterocycles. The predicted octanol–water partition coefficient (Wildman–Crippen LogP) is 3.18. The van der Waals surface area contributed by atoms with Crippen LogP contribution in [0, 0.1) is 6.92 Å². The first-order chi connectivity index (χ1) is 11.0. The van der Waals surface area contributed by atoms with Gasteiger partial charge in [-0.05, 0) is 24.1 Å². The number of nitrogens with two attached hydrogens (primary N) is 1. The van der Waals surface area contributed by atoms with Crippen LogP contribution in [0.4, 0.5) is 8.78 Å². The number of halogens is 2. The molecule has 1 heterocycles.